The molecule has 8 heteroatoms. The zero-order valence-electron chi connectivity index (χ0n) is 17.0. The van der Waals surface area contributed by atoms with Crippen LogP contribution in [0.25, 0.3) is 0 Å². The summed E-state index contributed by atoms with van der Waals surface area (Å²) in [6.07, 6.45) is 0. The molecule has 2 rings (SSSR count). The van der Waals surface area contributed by atoms with Crippen molar-refractivity contribution in [3.63, 3.8) is 0 Å². The SMILES string of the molecule is CN=C(NCc1cc(OC)ccc1OC(F)F)NCC(C)c1ccccc1OC. The van der Waals surface area contributed by atoms with Gasteiger partial charge < -0.3 is 24.8 Å². The molecule has 0 bridgehead atoms. The van der Waals surface area contributed by atoms with Gasteiger partial charge in [0.1, 0.15) is 17.2 Å². The third-order valence-electron chi connectivity index (χ3n) is 4.40. The van der Waals surface area contributed by atoms with Gasteiger partial charge in [0.05, 0.1) is 14.2 Å². The van der Waals surface area contributed by atoms with E-state index < -0.39 is 6.61 Å². The van der Waals surface area contributed by atoms with Crippen molar-refractivity contribution in [3.8, 4) is 17.2 Å². The molecular weight excluding hydrogens is 380 g/mol. The van der Waals surface area contributed by atoms with Gasteiger partial charge in [-0.1, -0.05) is 25.1 Å². The second-order valence-electron chi connectivity index (χ2n) is 6.30. The number of rotatable bonds is 9. The van der Waals surface area contributed by atoms with E-state index in [1.54, 1.807) is 26.3 Å². The van der Waals surface area contributed by atoms with Gasteiger partial charge in [-0.3, -0.25) is 4.99 Å². The highest BCUT2D eigenvalue weighted by Crippen LogP contribution is 2.26. The number of alkyl halides is 2. The molecular formula is C21H27F2N3O3. The van der Waals surface area contributed by atoms with Crippen LogP contribution < -0.4 is 24.8 Å². The third-order valence-corrected chi connectivity index (χ3v) is 4.40. The van der Waals surface area contributed by atoms with E-state index in [2.05, 4.69) is 27.3 Å². The Morgan fingerprint density at radius 3 is 2.45 bits per heavy atom. The summed E-state index contributed by atoms with van der Waals surface area (Å²) in [7, 11) is 4.80. The third kappa shape index (κ3) is 6.51. The predicted octanol–water partition coefficient (Wildman–Crippen LogP) is 3.77. The average Bonchev–Trinajstić information content (AvgIpc) is 2.74. The summed E-state index contributed by atoms with van der Waals surface area (Å²) in [4.78, 5) is 4.19. The fourth-order valence-electron chi connectivity index (χ4n) is 2.86. The zero-order valence-corrected chi connectivity index (χ0v) is 17.0. The lowest BCUT2D eigenvalue weighted by atomic mass is 10.0. The fourth-order valence-corrected chi connectivity index (χ4v) is 2.86. The van der Waals surface area contributed by atoms with Crippen molar-refractivity contribution in [2.75, 3.05) is 27.8 Å². The standard InChI is InChI=1S/C21H27F2N3O3/c1-14(17-7-5-6-8-19(17)28-4)12-25-21(24-2)26-13-15-11-16(27-3)9-10-18(15)29-20(22)23/h5-11,14,20H,12-13H2,1-4H3,(H2,24,25,26). The normalized spacial score (nSPS) is 12.4. The van der Waals surface area contributed by atoms with Crippen molar-refractivity contribution in [1.29, 1.82) is 0 Å². The predicted molar refractivity (Wildman–Crippen MR) is 109 cm³/mol. The molecule has 0 saturated carbocycles. The summed E-state index contributed by atoms with van der Waals surface area (Å²) < 4.78 is 40.5. The molecule has 2 N–H and O–H groups in total. The van der Waals surface area contributed by atoms with Crippen molar-refractivity contribution in [2.45, 2.75) is 26.0 Å². The van der Waals surface area contributed by atoms with E-state index in [4.69, 9.17) is 9.47 Å². The Balaban J connectivity index is 2.00. The Morgan fingerprint density at radius 2 is 1.79 bits per heavy atom. The molecule has 6 nitrogen and oxygen atoms in total. The largest absolute Gasteiger partial charge is 0.497 e. The van der Waals surface area contributed by atoms with E-state index in [-0.39, 0.29) is 18.2 Å². The molecule has 29 heavy (non-hydrogen) atoms. The number of benzene rings is 2. The first-order valence-electron chi connectivity index (χ1n) is 9.17. The number of aliphatic imine (C=N–C) groups is 1. The van der Waals surface area contributed by atoms with Gasteiger partial charge in [-0.05, 0) is 29.8 Å². The van der Waals surface area contributed by atoms with E-state index in [0.29, 0.717) is 23.8 Å². The summed E-state index contributed by atoms with van der Waals surface area (Å²) in [5, 5.41) is 6.35. The Hall–Kier alpha value is -3.03. The number of hydrogen-bond donors (Lipinski definition) is 2. The summed E-state index contributed by atoms with van der Waals surface area (Å²) in [5.74, 6) is 2.18. The smallest absolute Gasteiger partial charge is 0.387 e. The van der Waals surface area contributed by atoms with Crippen LogP contribution in [0, 0.1) is 0 Å². The van der Waals surface area contributed by atoms with Gasteiger partial charge in [-0.2, -0.15) is 8.78 Å². The molecule has 2 aromatic carbocycles. The number of methoxy groups -OCH3 is 2. The molecule has 158 valence electrons. The minimum atomic E-state index is -2.90. The molecule has 1 atom stereocenters. The van der Waals surface area contributed by atoms with Gasteiger partial charge in [0.2, 0.25) is 0 Å². The molecule has 0 aliphatic carbocycles. The number of ether oxygens (including phenoxy) is 3. The Bertz CT molecular complexity index is 816. The first-order valence-corrected chi connectivity index (χ1v) is 9.17. The lowest BCUT2D eigenvalue weighted by Gasteiger charge is -2.19. The molecule has 0 aromatic heterocycles. The fraction of sp³-hybridized carbons (Fsp3) is 0.381. The van der Waals surface area contributed by atoms with Crippen LogP contribution in [-0.4, -0.2) is 40.4 Å². The lowest BCUT2D eigenvalue weighted by molar-refractivity contribution is -0.0504. The van der Waals surface area contributed by atoms with E-state index >= 15 is 0 Å². The van der Waals surface area contributed by atoms with Crippen LogP contribution in [0.1, 0.15) is 24.0 Å². The van der Waals surface area contributed by atoms with Crippen molar-refractivity contribution >= 4 is 5.96 Å². The van der Waals surface area contributed by atoms with Crippen LogP contribution in [0.15, 0.2) is 47.5 Å². The van der Waals surface area contributed by atoms with Crippen LogP contribution >= 0.6 is 0 Å². The van der Waals surface area contributed by atoms with E-state index in [1.165, 1.54) is 13.2 Å². The van der Waals surface area contributed by atoms with Gasteiger partial charge in [-0.15, -0.1) is 0 Å². The summed E-state index contributed by atoms with van der Waals surface area (Å²) >= 11 is 0. The summed E-state index contributed by atoms with van der Waals surface area (Å²) in [6, 6.07) is 12.5. The van der Waals surface area contributed by atoms with Crippen molar-refractivity contribution < 1.29 is 23.0 Å². The second-order valence-corrected chi connectivity index (χ2v) is 6.30. The Kier molecular flexibility index (Phi) is 8.51. The van der Waals surface area contributed by atoms with E-state index in [0.717, 1.165) is 11.3 Å². The topological polar surface area (TPSA) is 64.1 Å². The summed E-state index contributed by atoms with van der Waals surface area (Å²) in [6.45, 7) is 0.0243. The second kappa shape index (κ2) is 11.1. The van der Waals surface area contributed by atoms with Gasteiger partial charge in [0.15, 0.2) is 5.96 Å². The highest BCUT2D eigenvalue weighted by atomic mass is 19.3. The van der Waals surface area contributed by atoms with Crippen LogP contribution in [0.3, 0.4) is 0 Å². The first-order chi connectivity index (χ1) is 14.0. The molecule has 0 heterocycles. The van der Waals surface area contributed by atoms with Gasteiger partial charge >= 0.3 is 6.61 Å². The molecule has 2 aromatic rings. The highest BCUT2D eigenvalue weighted by Gasteiger charge is 2.13. The number of para-hydroxylation sites is 1. The number of nitrogens with zero attached hydrogens (tertiary/aromatic N) is 1. The highest BCUT2D eigenvalue weighted by molar-refractivity contribution is 5.79. The van der Waals surface area contributed by atoms with Gasteiger partial charge in [0.25, 0.3) is 0 Å². The zero-order chi connectivity index (χ0) is 21.2. The van der Waals surface area contributed by atoms with Crippen LogP contribution in [0.4, 0.5) is 8.78 Å². The van der Waals surface area contributed by atoms with Crippen molar-refractivity contribution in [3.05, 3.63) is 53.6 Å². The molecule has 0 saturated heterocycles. The molecule has 0 aliphatic rings. The molecule has 0 aliphatic heterocycles. The molecule has 0 radical (unpaired) electrons. The van der Waals surface area contributed by atoms with Crippen LogP contribution in [0.5, 0.6) is 17.2 Å². The maximum absolute atomic E-state index is 12.7. The first kappa shape index (κ1) is 22.3. The molecule has 0 fully saturated rings. The van der Waals surface area contributed by atoms with Crippen LogP contribution in [-0.2, 0) is 6.54 Å². The molecule has 1 unspecified atom stereocenters. The van der Waals surface area contributed by atoms with Gasteiger partial charge in [-0.25, -0.2) is 0 Å². The van der Waals surface area contributed by atoms with E-state index in [1.807, 2.05) is 24.3 Å². The lowest BCUT2D eigenvalue weighted by Crippen LogP contribution is -2.38. The average molecular weight is 407 g/mol. The van der Waals surface area contributed by atoms with Gasteiger partial charge in [0, 0.05) is 31.6 Å². The minimum Gasteiger partial charge on any atom is -0.497 e. The number of nitrogens with one attached hydrogen (secondary N) is 2. The number of hydrogen-bond acceptors (Lipinski definition) is 4. The van der Waals surface area contributed by atoms with Crippen molar-refractivity contribution in [1.82, 2.24) is 10.6 Å². The molecule has 0 spiro atoms. The maximum Gasteiger partial charge on any atom is 0.387 e. The number of guanidine groups is 1. The van der Waals surface area contributed by atoms with Crippen molar-refractivity contribution in [2.24, 2.45) is 4.99 Å². The Morgan fingerprint density at radius 1 is 1.03 bits per heavy atom. The Labute approximate surface area is 169 Å². The summed E-state index contributed by atoms with van der Waals surface area (Å²) in [5.41, 5.74) is 1.61. The maximum atomic E-state index is 12.7. The quantitative estimate of drug-likeness (QED) is 0.489. The number of halogens is 2. The molecule has 0 amide bonds. The monoisotopic (exact) mass is 407 g/mol. The minimum absolute atomic E-state index is 0.0890. The van der Waals surface area contributed by atoms with E-state index in [9.17, 15) is 8.78 Å². The van der Waals surface area contributed by atoms with Crippen LogP contribution in [0.2, 0.25) is 0 Å².